The number of carboxylic acid groups (broad SMARTS) is 1. The molecule has 0 heterocycles. The van der Waals surface area contributed by atoms with E-state index in [1.807, 2.05) is 20.8 Å². The Balaban J connectivity index is 2.74. The lowest BCUT2D eigenvalue weighted by molar-refractivity contribution is -0.188. The van der Waals surface area contributed by atoms with Gasteiger partial charge >= 0.3 is 5.97 Å². The van der Waals surface area contributed by atoms with Crippen LogP contribution >= 0.6 is 0 Å². The van der Waals surface area contributed by atoms with Gasteiger partial charge in [-0.25, -0.2) is 4.79 Å². The second-order valence-corrected chi connectivity index (χ2v) is 4.90. The smallest absolute Gasteiger partial charge is 0.335 e. The molecule has 1 atom stereocenters. The van der Waals surface area contributed by atoms with E-state index < -0.39 is 11.6 Å². The van der Waals surface area contributed by atoms with E-state index in [-0.39, 0.29) is 11.5 Å². The molecule has 82 valence electrons. The van der Waals surface area contributed by atoms with Crippen LogP contribution in [0.25, 0.3) is 0 Å². The molecule has 14 heavy (non-hydrogen) atoms. The molecular weight excluding hydrogens is 180 g/mol. The van der Waals surface area contributed by atoms with Gasteiger partial charge < -0.3 is 9.84 Å². The second kappa shape index (κ2) is 3.54. The predicted octanol–water partition coefficient (Wildman–Crippen LogP) is 2.44. The summed E-state index contributed by atoms with van der Waals surface area (Å²) in [5, 5.41) is 9.18. The fraction of sp³-hybridized carbons (Fsp3) is 0.909. The molecule has 1 aliphatic carbocycles. The van der Waals surface area contributed by atoms with Crippen LogP contribution in [0, 0.1) is 5.92 Å². The SMILES string of the molecule is CCC(C)(C)OC(C)(C(=O)O)C1CC1. The van der Waals surface area contributed by atoms with E-state index in [4.69, 9.17) is 4.74 Å². The molecule has 1 rings (SSSR count). The quantitative estimate of drug-likeness (QED) is 0.741. The molecule has 0 saturated heterocycles. The minimum absolute atomic E-state index is 0.200. The van der Waals surface area contributed by atoms with E-state index in [1.54, 1.807) is 6.92 Å². The van der Waals surface area contributed by atoms with E-state index >= 15 is 0 Å². The van der Waals surface area contributed by atoms with Crippen molar-refractivity contribution in [2.75, 3.05) is 0 Å². The Morgan fingerprint density at radius 1 is 1.43 bits per heavy atom. The molecule has 1 N–H and O–H groups in total. The third kappa shape index (κ3) is 2.27. The van der Waals surface area contributed by atoms with Gasteiger partial charge in [0.05, 0.1) is 5.60 Å². The Bertz CT molecular complexity index is 231. The molecule has 1 fully saturated rings. The summed E-state index contributed by atoms with van der Waals surface area (Å²) >= 11 is 0. The van der Waals surface area contributed by atoms with Crippen LogP contribution in [-0.2, 0) is 9.53 Å². The summed E-state index contributed by atoms with van der Waals surface area (Å²) in [4.78, 5) is 11.2. The summed E-state index contributed by atoms with van der Waals surface area (Å²) < 4.78 is 5.76. The molecule has 0 bridgehead atoms. The van der Waals surface area contributed by atoms with Crippen molar-refractivity contribution in [3.05, 3.63) is 0 Å². The fourth-order valence-electron chi connectivity index (χ4n) is 1.58. The molecule has 0 aromatic rings. The number of hydrogen-bond acceptors (Lipinski definition) is 2. The molecule has 1 aliphatic rings. The maximum absolute atomic E-state index is 11.2. The Kier molecular flexibility index (Phi) is 2.91. The molecule has 1 saturated carbocycles. The molecule has 0 spiro atoms. The zero-order valence-electron chi connectivity index (χ0n) is 9.46. The van der Waals surface area contributed by atoms with Gasteiger partial charge in [-0.15, -0.1) is 0 Å². The van der Waals surface area contributed by atoms with Gasteiger partial charge in [0.15, 0.2) is 5.60 Å². The van der Waals surface area contributed by atoms with Crippen LogP contribution in [0.4, 0.5) is 0 Å². The summed E-state index contributed by atoms with van der Waals surface area (Å²) in [6, 6.07) is 0. The number of aliphatic carboxylic acids is 1. The van der Waals surface area contributed by atoms with Crippen molar-refractivity contribution in [2.24, 2.45) is 5.92 Å². The van der Waals surface area contributed by atoms with Crippen LogP contribution in [0.15, 0.2) is 0 Å². The summed E-state index contributed by atoms with van der Waals surface area (Å²) in [6.07, 6.45) is 2.77. The second-order valence-electron chi connectivity index (χ2n) is 4.90. The highest BCUT2D eigenvalue weighted by Gasteiger charge is 2.50. The Labute approximate surface area is 85.5 Å². The lowest BCUT2D eigenvalue weighted by atomic mass is 9.97. The topological polar surface area (TPSA) is 46.5 Å². The van der Waals surface area contributed by atoms with E-state index in [1.165, 1.54) is 0 Å². The zero-order chi connectivity index (χ0) is 11.0. The highest BCUT2D eigenvalue weighted by atomic mass is 16.5. The van der Waals surface area contributed by atoms with Crippen molar-refractivity contribution in [3.63, 3.8) is 0 Å². The number of ether oxygens (including phenoxy) is 1. The summed E-state index contributed by atoms with van der Waals surface area (Å²) in [5.41, 5.74) is -1.34. The van der Waals surface area contributed by atoms with Gasteiger partial charge in [0.2, 0.25) is 0 Å². The fourth-order valence-corrected chi connectivity index (χ4v) is 1.58. The highest BCUT2D eigenvalue weighted by Crippen LogP contribution is 2.44. The lowest BCUT2D eigenvalue weighted by Crippen LogP contribution is -2.46. The first-order valence-corrected chi connectivity index (χ1v) is 5.25. The monoisotopic (exact) mass is 200 g/mol. The standard InChI is InChI=1S/C11H20O3/c1-5-10(2,3)14-11(4,9(12)13)8-6-7-8/h8H,5-7H2,1-4H3,(H,12,13). The van der Waals surface area contributed by atoms with E-state index in [0.717, 1.165) is 19.3 Å². The van der Waals surface area contributed by atoms with Crippen molar-refractivity contribution in [2.45, 2.75) is 58.2 Å². The first kappa shape index (κ1) is 11.5. The third-order valence-corrected chi connectivity index (χ3v) is 3.12. The van der Waals surface area contributed by atoms with Crippen molar-refractivity contribution in [1.82, 2.24) is 0 Å². The molecule has 1 unspecified atom stereocenters. The molecular formula is C11H20O3. The van der Waals surface area contributed by atoms with Crippen LogP contribution in [-0.4, -0.2) is 22.3 Å². The van der Waals surface area contributed by atoms with Crippen molar-refractivity contribution >= 4 is 5.97 Å². The van der Waals surface area contributed by atoms with Crippen LogP contribution < -0.4 is 0 Å². The molecule has 0 aromatic carbocycles. The van der Waals surface area contributed by atoms with Gasteiger partial charge in [-0.3, -0.25) is 0 Å². The summed E-state index contributed by atoms with van der Waals surface area (Å²) in [7, 11) is 0. The first-order valence-electron chi connectivity index (χ1n) is 5.25. The minimum Gasteiger partial charge on any atom is -0.479 e. The van der Waals surface area contributed by atoms with Crippen LogP contribution in [0.2, 0.25) is 0 Å². The average Bonchev–Trinajstić information content (AvgIpc) is 2.85. The summed E-state index contributed by atoms with van der Waals surface area (Å²) in [6.45, 7) is 7.59. The molecule has 0 amide bonds. The van der Waals surface area contributed by atoms with E-state index in [0.29, 0.717) is 0 Å². The third-order valence-electron chi connectivity index (χ3n) is 3.12. The number of carbonyl (C=O) groups is 1. The number of carboxylic acids is 1. The lowest BCUT2D eigenvalue weighted by Gasteiger charge is -2.35. The van der Waals surface area contributed by atoms with Crippen molar-refractivity contribution in [1.29, 1.82) is 0 Å². The van der Waals surface area contributed by atoms with Crippen LogP contribution in [0.1, 0.15) is 47.0 Å². The van der Waals surface area contributed by atoms with Gasteiger partial charge in [0.25, 0.3) is 0 Å². The first-order chi connectivity index (χ1) is 6.32. The van der Waals surface area contributed by atoms with Gasteiger partial charge in [-0.05, 0) is 46.0 Å². The van der Waals surface area contributed by atoms with E-state index in [9.17, 15) is 9.90 Å². The Hall–Kier alpha value is -0.570. The van der Waals surface area contributed by atoms with Crippen molar-refractivity contribution < 1.29 is 14.6 Å². The van der Waals surface area contributed by atoms with Crippen LogP contribution in [0.3, 0.4) is 0 Å². The maximum atomic E-state index is 11.2. The molecule has 0 aliphatic heterocycles. The van der Waals surface area contributed by atoms with E-state index in [2.05, 4.69) is 0 Å². The van der Waals surface area contributed by atoms with Gasteiger partial charge in [-0.2, -0.15) is 0 Å². The Morgan fingerprint density at radius 2 is 1.93 bits per heavy atom. The van der Waals surface area contributed by atoms with Gasteiger partial charge in [0.1, 0.15) is 0 Å². The van der Waals surface area contributed by atoms with Crippen LogP contribution in [0.5, 0.6) is 0 Å². The Morgan fingerprint density at radius 3 is 2.21 bits per heavy atom. The van der Waals surface area contributed by atoms with Crippen molar-refractivity contribution in [3.8, 4) is 0 Å². The minimum atomic E-state index is -0.987. The molecule has 3 heteroatoms. The normalized spacial score (nSPS) is 21.7. The molecule has 3 nitrogen and oxygen atoms in total. The number of hydrogen-bond donors (Lipinski definition) is 1. The highest BCUT2D eigenvalue weighted by molar-refractivity contribution is 5.78. The van der Waals surface area contributed by atoms with Gasteiger partial charge in [-0.1, -0.05) is 6.92 Å². The summed E-state index contributed by atoms with van der Waals surface area (Å²) in [5.74, 6) is -0.632. The predicted molar refractivity (Wildman–Crippen MR) is 54.2 cm³/mol. The maximum Gasteiger partial charge on any atom is 0.335 e. The largest absolute Gasteiger partial charge is 0.479 e. The molecule has 0 aromatic heterocycles. The zero-order valence-corrected chi connectivity index (χ0v) is 9.46. The van der Waals surface area contributed by atoms with Gasteiger partial charge in [0, 0.05) is 0 Å². The average molecular weight is 200 g/mol. The number of rotatable bonds is 5. The molecule has 0 radical (unpaired) electrons.